The van der Waals surface area contributed by atoms with Crippen LogP contribution in [0.4, 0.5) is 57.1 Å². The van der Waals surface area contributed by atoms with E-state index in [1.807, 2.05) is 0 Å². The maximum Gasteiger partial charge on any atom is 0.431 e. The minimum absolute atomic E-state index is 0.0400. The van der Waals surface area contributed by atoms with Crippen molar-refractivity contribution in [3.63, 3.8) is 0 Å². The summed E-state index contributed by atoms with van der Waals surface area (Å²) in [4.78, 5) is 10.6. The van der Waals surface area contributed by atoms with Gasteiger partial charge in [-0.1, -0.05) is 0 Å². The Morgan fingerprint density at radius 1 is 0.842 bits per heavy atom. The maximum absolute atomic E-state index is 13.9. The summed E-state index contributed by atoms with van der Waals surface area (Å²) < 4.78 is 195. The van der Waals surface area contributed by atoms with E-state index in [1.165, 1.54) is 14.1 Å². The number of alkyl halides is 13. The van der Waals surface area contributed by atoms with Crippen molar-refractivity contribution in [2.75, 3.05) is 39.5 Å². The Labute approximate surface area is 208 Å². The van der Waals surface area contributed by atoms with Crippen molar-refractivity contribution in [1.82, 2.24) is 4.72 Å². The number of hydrogen-bond acceptors (Lipinski definition) is 4. The average molecular weight is 612 g/mol. The van der Waals surface area contributed by atoms with Crippen molar-refractivity contribution in [3.05, 3.63) is 0 Å². The second-order valence-corrected chi connectivity index (χ2v) is 11.2. The highest BCUT2D eigenvalue weighted by atomic mass is 32.2. The molecule has 0 heterocycles. The summed E-state index contributed by atoms with van der Waals surface area (Å²) >= 11 is 0. The molecule has 0 rings (SSSR count). The smallest absolute Gasteiger partial charge is 0.431 e. The van der Waals surface area contributed by atoms with Crippen molar-refractivity contribution in [2.24, 2.45) is 11.8 Å². The molecule has 38 heavy (non-hydrogen) atoms. The van der Waals surface area contributed by atoms with Crippen LogP contribution in [-0.2, 0) is 14.8 Å². The number of nitrogens with zero attached hydrogens (tertiary/aromatic N) is 1. The van der Waals surface area contributed by atoms with Crippen molar-refractivity contribution in [2.45, 2.75) is 56.1 Å². The van der Waals surface area contributed by atoms with Crippen LogP contribution in [0.1, 0.15) is 25.7 Å². The molecule has 0 aromatic rings. The van der Waals surface area contributed by atoms with Gasteiger partial charge in [-0.25, -0.2) is 17.5 Å². The van der Waals surface area contributed by atoms with Crippen LogP contribution >= 0.6 is 0 Å². The summed E-state index contributed by atoms with van der Waals surface area (Å²) in [6, 6.07) is 0. The monoisotopic (exact) mass is 612 g/mol. The number of quaternary nitrogens is 1. The van der Waals surface area contributed by atoms with E-state index in [1.54, 1.807) is 4.72 Å². The second-order valence-electron chi connectivity index (χ2n) is 9.26. The normalized spacial score (nSPS) is 16.4. The quantitative estimate of drug-likeness (QED) is 0.185. The predicted molar refractivity (Wildman–Crippen MR) is 102 cm³/mol. The zero-order chi connectivity index (χ0) is 30.6. The third-order valence-corrected chi connectivity index (χ3v) is 6.89. The Bertz CT molecular complexity index is 867. The number of carboxylic acids is 1. The molecule has 2 atom stereocenters. The Morgan fingerprint density at radius 3 is 1.66 bits per heavy atom. The van der Waals surface area contributed by atoms with Gasteiger partial charge >= 0.3 is 24.7 Å². The van der Waals surface area contributed by atoms with Gasteiger partial charge in [0.05, 0.1) is 44.2 Å². The second kappa shape index (κ2) is 12.3. The molecule has 0 saturated carbocycles. The Morgan fingerprint density at radius 2 is 1.29 bits per heavy atom. The summed E-state index contributed by atoms with van der Waals surface area (Å²) in [5.41, 5.74) is -6.48. The van der Waals surface area contributed by atoms with E-state index >= 15 is 0 Å². The van der Waals surface area contributed by atoms with Crippen LogP contribution in [0, 0.1) is 11.8 Å². The van der Waals surface area contributed by atoms with Crippen molar-refractivity contribution in [1.29, 1.82) is 0 Å². The number of sulfonamides is 1. The molecule has 0 bridgehead atoms. The molecule has 0 saturated heterocycles. The van der Waals surface area contributed by atoms with Crippen LogP contribution in [0.5, 0.6) is 0 Å². The molecule has 0 fully saturated rings. The molecular weight excluding hydrogens is 587 g/mol. The number of likely N-dealkylation sites (N-methyl/N-ethyl adjacent to an activating group) is 1. The van der Waals surface area contributed by atoms with Crippen LogP contribution in [0.3, 0.4) is 0 Å². The molecular formula is C18H25F13N2O4S. The molecule has 2 unspecified atom stereocenters. The van der Waals surface area contributed by atoms with E-state index in [2.05, 4.69) is 0 Å². The van der Waals surface area contributed by atoms with Crippen molar-refractivity contribution < 1.29 is 79.9 Å². The van der Waals surface area contributed by atoms with Crippen LogP contribution < -0.4 is 9.83 Å². The number of aliphatic carboxylic acids is 1. The summed E-state index contributed by atoms with van der Waals surface area (Å²) in [6.45, 7) is -0.873. The molecule has 0 aliphatic rings. The summed E-state index contributed by atoms with van der Waals surface area (Å²) in [5, 5.41) is 10.6. The first-order chi connectivity index (χ1) is 16.5. The predicted octanol–water partition coefficient (Wildman–Crippen LogP) is 3.48. The first-order valence-electron chi connectivity index (χ1n) is 10.5. The number of carboxylic acid groups (broad SMARTS) is 1. The number of nitrogens with one attached hydrogen (secondary N) is 1. The number of carbonyl (C=O) groups excluding carboxylic acids is 1. The lowest BCUT2D eigenvalue weighted by Crippen LogP contribution is -2.55. The van der Waals surface area contributed by atoms with Gasteiger partial charge in [0.1, 0.15) is 6.54 Å². The minimum atomic E-state index is -6.94. The summed E-state index contributed by atoms with van der Waals surface area (Å²) in [6.07, 6.45) is -33.4. The third kappa shape index (κ3) is 11.7. The van der Waals surface area contributed by atoms with Crippen LogP contribution in [0.25, 0.3) is 0 Å². The van der Waals surface area contributed by atoms with Crippen molar-refractivity contribution >= 4 is 16.0 Å². The van der Waals surface area contributed by atoms with E-state index in [0.717, 1.165) is 0 Å². The number of carbonyl (C=O) groups is 1. The molecule has 1 N–H and O–H groups in total. The molecule has 0 amide bonds. The lowest BCUT2D eigenvalue weighted by molar-refractivity contribution is -0.884. The zero-order valence-electron chi connectivity index (χ0n) is 19.7. The van der Waals surface area contributed by atoms with Gasteiger partial charge in [0.2, 0.25) is 10.0 Å². The first-order valence-corrected chi connectivity index (χ1v) is 12.1. The molecule has 0 aromatic heterocycles. The van der Waals surface area contributed by atoms with Gasteiger partial charge in [-0.2, -0.15) is 52.7 Å². The van der Waals surface area contributed by atoms with Crippen LogP contribution in [-0.4, -0.2) is 88.7 Å². The Kier molecular flexibility index (Phi) is 11.8. The standard InChI is InChI=1S/C18H25F13N2O4S/c1-33(2,10-13(34)35)6-3-5-32-38(36,37)7-4-11(15(20,21)22)8-12(16(23,24)25)9-14(19,17(26,27)28)18(29,30)31/h11-12,32H,3-10H2,1-2H3. The van der Waals surface area contributed by atoms with Crippen molar-refractivity contribution in [3.8, 4) is 0 Å². The number of halogens is 13. The average Bonchev–Trinajstić information content (AvgIpc) is 2.62. The van der Waals surface area contributed by atoms with E-state index in [9.17, 15) is 75.4 Å². The van der Waals surface area contributed by atoms with E-state index in [-0.39, 0.29) is 17.4 Å². The van der Waals surface area contributed by atoms with Gasteiger partial charge in [0, 0.05) is 19.4 Å². The Hall–Kier alpha value is -1.57. The van der Waals surface area contributed by atoms with Gasteiger partial charge < -0.3 is 14.4 Å². The molecule has 20 heteroatoms. The fourth-order valence-corrected chi connectivity index (χ4v) is 4.55. The summed E-state index contributed by atoms with van der Waals surface area (Å²) in [7, 11) is -1.77. The fourth-order valence-electron chi connectivity index (χ4n) is 3.36. The molecule has 0 radical (unpaired) electrons. The lowest BCUT2D eigenvalue weighted by atomic mass is 9.83. The van der Waals surface area contributed by atoms with Crippen LogP contribution in [0.2, 0.25) is 0 Å². The first kappa shape index (κ1) is 36.4. The van der Waals surface area contributed by atoms with Gasteiger partial charge in [-0.3, -0.25) is 0 Å². The topological polar surface area (TPSA) is 86.3 Å². The molecule has 0 aliphatic heterocycles. The molecule has 228 valence electrons. The fraction of sp³-hybridized carbons (Fsp3) is 0.944. The molecule has 0 spiro atoms. The van der Waals surface area contributed by atoms with E-state index in [4.69, 9.17) is 0 Å². The zero-order valence-corrected chi connectivity index (χ0v) is 20.5. The molecule has 6 nitrogen and oxygen atoms in total. The van der Waals surface area contributed by atoms with Gasteiger partial charge in [0.15, 0.2) is 0 Å². The molecule has 0 aliphatic carbocycles. The highest BCUT2D eigenvalue weighted by Gasteiger charge is 2.74. The minimum Gasteiger partial charge on any atom is -0.544 e. The van der Waals surface area contributed by atoms with E-state index < -0.39 is 96.3 Å². The van der Waals surface area contributed by atoms with Gasteiger partial charge in [0.25, 0.3) is 5.67 Å². The SMILES string of the molecule is C[N+](C)(CCCNS(=O)(=O)CCC(CC(CC(F)(C(F)(F)F)C(F)(F)F)C(F)(F)F)C(F)(F)F)CC(=O)[O-]. The Balaban J connectivity index is 5.59. The van der Waals surface area contributed by atoms with Crippen LogP contribution in [0.15, 0.2) is 0 Å². The largest absolute Gasteiger partial charge is 0.544 e. The molecule has 0 aromatic carbocycles. The van der Waals surface area contributed by atoms with E-state index in [0.29, 0.717) is 0 Å². The van der Waals surface area contributed by atoms with Gasteiger partial charge in [-0.05, 0) is 12.8 Å². The highest BCUT2D eigenvalue weighted by Crippen LogP contribution is 2.53. The number of hydrogen-bond donors (Lipinski definition) is 1. The summed E-state index contributed by atoms with van der Waals surface area (Å²) in [5.74, 6) is -10.4. The maximum atomic E-state index is 13.9. The lowest BCUT2D eigenvalue weighted by Gasteiger charge is -2.35. The third-order valence-electron chi connectivity index (χ3n) is 5.48. The number of rotatable bonds is 14. The highest BCUT2D eigenvalue weighted by molar-refractivity contribution is 7.89. The van der Waals surface area contributed by atoms with Gasteiger partial charge in [-0.15, -0.1) is 0 Å².